The van der Waals surface area contributed by atoms with Crippen LogP contribution in [0.5, 0.6) is 0 Å². The summed E-state index contributed by atoms with van der Waals surface area (Å²) in [7, 11) is -3.51. The molecule has 4 rings (SSSR count). The number of thiophene rings is 1. The molecule has 0 aliphatic carbocycles. The van der Waals surface area contributed by atoms with Crippen molar-refractivity contribution in [1.82, 2.24) is 4.31 Å². The first-order chi connectivity index (χ1) is 13.1. The summed E-state index contributed by atoms with van der Waals surface area (Å²) in [6.45, 7) is 1.44. The number of hydrogen-bond acceptors (Lipinski definition) is 5. The first kappa shape index (κ1) is 19.0. The molecule has 3 heterocycles. The highest BCUT2D eigenvalue weighted by atomic mass is 32.2. The first-order valence-corrected chi connectivity index (χ1v) is 12.4. The highest BCUT2D eigenvalue weighted by Crippen LogP contribution is 2.35. The van der Waals surface area contributed by atoms with Crippen LogP contribution < -0.4 is 4.90 Å². The molecule has 2 aromatic rings. The molecule has 144 valence electrons. The highest BCUT2D eigenvalue weighted by molar-refractivity contribution is 7.99. The molecule has 0 bridgehead atoms. The van der Waals surface area contributed by atoms with Gasteiger partial charge in [0.2, 0.25) is 5.91 Å². The summed E-state index contributed by atoms with van der Waals surface area (Å²) in [5.74, 6) is 0.755. The molecule has 8 heteroatoms. The van der Waals surface area contributed by atoms with E-state index in [9.17, 15) is 13.2 Å². The van der Waals surface area contributed by atoms with E-state index in [0.29, 0.717) is 23.7 Å². The molecule has 0 radical (unpaired) electrons. The number of carbonyl (C=O) groups excluding carboxylic acids is 1. The van der Waals surface area contributed by atoms with E-state index < -0.39 is 10.0 Å². The van der Waals surface area contributed by atoms with Crippen LogP contribution in [0.2, 0.25) is 0 Å². The summed E-state index contributed by atoms with van der Waals surface area (Å²) in [6, 6.07) is 11.4. The van der Waals surface area contributed by atoms with Gasteiger partial charge in [0.15, 0.2) is 0 Å². The number of carbonyl (C=O) groups is 1. The van der Waals surface area contributed by atoms with E-state index in [4.69, 9.17) is 0 Å². The molecule has 1 saturated heterocycles. The van der Waals surface area contributed by atoms with E-state index in [1.807, 2.05) is 23.1 Å². The zero-order valence-corrected chi connectivity index (χ0v) is 17.4. The van der Waals surface area contributed by atoms with Gasteiger partial charge in [0.05, 0.1) is 11.6 Å². The summed E-state index contributed by atoms with van der Waals surface area (Å²) in [6.07, 6.45) is 2.39. The van der Waals surface area contributed by atoms with Crippen LogP contribution in [-0.4, -0.2) is 44.0 Å². The molecule has 1 atom stereocenters. The molecule has 2 aliphatic rings. The number of piperidine rings is 1. The van der Waals surface area contributed by atoms with Gasteiger partial charge in [0, 0.05) is 24.5 Å². The van der Waals surface area contributed by atoms with Gasteiger partial charge in [0.1, 0.15) is 4.21 Å². The molecule has 1 amide bonds. The number of anilines is 1. The van der Waals surface area contributed by atoms with Gasteiger partial charge in [-0.1, -0.05) is 18.2 Å². The minimum Gasteiger partial charge on any atom is -0.311 e. The fourth-order valence-corrected chi connectivity index (χ4v) is 7.34. The van der Waals surface area contributed by atoms with E-state index in [-0.39, 0.29) is 18.4 Å². The Labute approximate surface area is 168 Å². The van der Waals surface area contributed by atoms with Crippen LogP contribution >= 0.6 is 23.1 Å². The number of sulfonamides is 1. The van der Waals surface area contributed by atoms with Crippen LogP contribution in [0.25, 0.3) is 0 Å². The normalized spacial score (nSPS) is 21.5. The molecule has 1 aromatic heterocycles. The van der Waals surface area contributed by atoms with Gasteiger partial charge in [-0.05, 0) is 48.6 Å². The van der Waals surface area contributed by atoms with Crippen molar-refractivity contribution in [1.29, 1.82) is 0 Å². The Morgan fingerprint density at radius 3 is 2.74 bits per heavy atom. The lowest BCUT2D eigenvalue weighted by atomic mass is 9.97. The molecule has 27 heavy (non-hydrogen) atoms. The van der Waals surface area contributed by atoms with E-state index >= 15 is 0 Å². The Morgan fingerprint density at radius 1 is 1.07 bits per heavy atom. The van der Waals surface area contributed by atoms with Gasteiger partial charge in [-0.15, -0.1) is 23.1 Å². The van der Waals surface area contributed by atoms with Crippen LogP contribution in [0.3, 0.4) is 0 Å². The summed E-state index contributed by atoms with van der Waals surface area (Å²) >= 11 is 3.01. The topological polar surface area (TPSA) is 57.7 Å². The van der Waals surface area contributed by atoms with Gasteiger partial charge in [-0.3, -0.25) is 4.79 Å². The summed E-state index contributed by atoms with van der Waals surface area (Å²) in [5, 5.41) is 1.77. The third-order valence-corrected chi connectivity index (χ3v) is 9.42. The molecule has 0 saturated carbocycles. The SMILES string of the molecule is O=C(C1CCCN(S(=O)(=O)c2cccs2)C1)N1CCCSc2ccccc21. The van der Waals surface area contributed by atoms with Crippen LogP contribution in [0.4, 0.5) is 5.69 Å². The second-order valence-corrected chi connectivity index (χ2v) is 11.0. The Bertz CT molecular complexity index is 912. The Balaban J connectivity index is 1.56. The van der Waals surface area contributed by atoms with Crippen LogP contribution in [-0.2, 0) is 14.8 Å². The van der Waals surface area contributed by atoms with Crippen molar-refractivity contribution in [2.24, 2.45) is 5.92 Å². The predicted octanol–water partition coefficient (Wildman–Crippen LogP) is 3.68. The summed E-state index contributed by atoms with van der Waals surface area (Å²) < 4.78 is 27.6. The number of rotatable bonds is 3. The maximum atomic E-state index is 13.3. The standard InChI is InChI=1S/C19H22N2O3S3/c22-19(21-11-5-13-25-17-8-2-1-7-16(17)21)15-6-3-10-20(14-15)27(23,24)18-9-4-12-26-18/h1-2,4,7-9,12,15H,3,5-6,10-11,13-14H2. The van der Waals surface area contributed by atoms with Crippen molar-refractivity contribution in [3.05, 3.63) is 41.8 Å². The van der Waals surface area contributed by atoms with Gasteiger partial charge in [-0.2, -0.15) is 4.31 Å². The number of thioether (sulfide) groups is 1. The fourth-order valence-electron chi connectivity index (χ4n) is 3.68. The Hall–Kier alpha value is -1.35. The Morgan fingerprint density at radius 2 is 1.93 bits per heavy atom. The van der Waals surface area contributed by atoms with Crippen molar-refractivity contribution >= 4 is 44.7 Å². The molecule has 1 aromatic carbocycles. The zero-order chi connectivity index (χ0) is 18.9. The molecule has 1 unspecified atom stereocenters. The zero-order valence-electron chi connectivity index (χ0n) is 14.9. The van der Waals surface area contributed by atoms with Gasteiger partial charge in [0.25, 0.3) is 10.0 Å². The summed E-state index contributed by atoms with van der Waals surface area (Å²) in [5.41, 5.74) is 0.961. The smallest absolute Gasteiger partial charge is 0.252 e. The number of benzene rings is 1. The van der Waals surface area contributed by atoms with Crippen molar-refractivity contribution < 1.29 is 13.2 Å². The number of nitrogens with zero attached hydrogens (tertiary/aromatic N) is 2. The van der Waals surface area contributed by atoms with E-state index in [0.717, 1.165) is 29.2 Å². The molecule has 5 nitrogen and oxygen atoms in total. The summed E-state index contributed by atoms with van der Waals surface area (Å²) in [4.78, 5) is 16.3. The van der Waals surface area contributed by atoms with Crippen molar-refractivity contribution in [2.45, 2.75) is 28.4 Å². The number of amides is 1. The lowest BCUT2D eigenvalue weighted by Crippen LogP contribution is -2.47. The van der Waals surface area contributed by atoms with Crippen LogP contribution in [0, 0.1) is 5.92 Å². The van der Waals surface area contributed by atoms with Crippen LogP contribution in [0.15, 0.2) is 50.9 Å². The lowest BCUT2D eigenvalue weighted by molar-refractivity contribution is -0.123. The number of para-hydroxylation sites is 1. The molecule has 1 fully saturated rings. The second-order valence-electron chi connectivity index (χ2n) is 6.79. The van der Waals surface area contributed by atoms with E-state index in [2.05, 4.69) is 6.07 Å². The number of fused-ring (bicyclic) bond motifs is 1. The Kier molecular flexibility index (Phi) is 5.59. The lowest BCUT2D eigenvalue weighted by Gasteiger charge is -2.34. The fraction of sp³-hybridized carbons (Fsp3) is 0.421. The maximum Gasteiger partial charge on any atom is 0.252 e. The third kappa shape index (κ3) is 3.81. The van der Waals surface area contributed by atoms with Gasteiger partial charge >= 0.3 is 0 Å². The molecule has 2 aliphatic heterocycles. The second kappa shape index (κ2) is 7.95. The van der Waals surface area contributed by atoms with Crippen molar-refractivity contribution in [3.63, 3.8) is 0 Å². The first-order valence-electron chi connectivity index (χ1n) is 9.14. The maximum absolute atomic E-state index is 13.3. The molecular weight excluding hydrogens is 400 g/mol. The quantitative estimate of drug-likeness (QED) is 0.757. The van der Waals surface area contributed by atoms with E-state index in [1.165, 1.54) is 15.6 Å². The van der Waals surface area contributed by atoms with Crippen LogP contribution in [0.1, 0.15) is 19.3 Å². The largest absolute Gasteiger partial charge is 0.311 e. The molecule has 0 spiro atoms. The highest BCUT2D eigenvalue weighted by Gasteiger charge is 2.36. The minimum atomic E-state index is -3.51. The minimum absolute atomic E-state index is 0.0519. The average molecular weight is 423 g/mol. The van der Waals surface area contributed by atoms with Crippen molar-refractivity contribution in [2.75, 3.05) is 30.3 Å². The van der Waals surface area contributed by atoms with E-state index in [1.54, 1.807) is 29.3 Å². The predicted molar refractivity (Wildman–Crippen MR) is 110 cm³/mol. The van der Waals surface area contributed by atoms with Gasteiger partial charge < -0.3 is 4.90 Å². The van der Waals surface area contributed by atoms with Crippen molar-refractivity contribution in [3.8, 4) is 0 Å². The molecular formula is C19H22N2O3S3. The average Bonchev–Trinajstić information content (AvgIpc) is 3.16. The number of hydrogen-bond donors (Lipinski definition) is 0. The monoisotopic (exact) mass is 422 g/mol. The van der Waals surface area contributed by atoms with Gasteiger partial charge in [-0.25, -0.2) is 8.42 Å². The third-order valence-electron chi connectivity index (χ3n) is 5.03. The molecule has 0 N–H and O–H groups in total.